The minimum Gasteiger partial charge on any atom is -0.370 e. The summed E-state index contributed by atoms with van der Waals surface area (Å²) in [6, 6.07) is 10.3. The summed E-state index contributed by atoms with van der Waals surface area (Å²) < 4.78 is 0. The van der Waals surface area contributed by atoms with Gasteiger partial charge in [0.25, 0.3) is 0 Å². The van der Waals surface area contributed by atoms with E-state index in [2.05, 4.69) is 37.6 Å². The van der Waals surface area contributed by atoms with Gasteiger partial charge in [-0.2, -0.15) is 5.10 Å². The van der Waals surface area contributed by atoms with Crippen LogP contribution in [-0.4, -0.2) is 26.7 Å². The highest BCUT2D eigenvalue weighted by molar-refractivity contribution is 5.91. The number of anilines is 1. The maximum Gasteiger partial charge on any atom is 0.137 e. The van der Waals surface area contributed by atoms with Gasteiger partial charge < -0.3 is 5.32 Å². The molecule has 0 saturated heterocycles. The lowest BCUT2D eigenvalue weighted by atomic mass is 10.1. The van der Waals surface area contributed by atoms with E-state index in [1.165, 1.54) is 11.7 Å². The minimum atomic E-state index is 0.863. The van der Waals surface area contributed by atoms with Crippen molar-refractivity contribution in [1.82, 2.24) is 20.2 Å². The molecule has 0 aliphatic rings. The Morgan fingerprint density at radius 3 is 2.95 bits per heavy atom. The summed E-state index contributed by atoms with van der Waals surface area (Å²) in [6.07, 6.45) is 5.24. The van der Waals surface area contributed by atoms with Gasteiger partial charge in [0.05, 0.1) is 0 Å². The van der Waals surface area contributed by atoms with Gasteiger partial charge in [-0.05, 0) is 17.9 Å². The van der Waals surface area contributed by atoms with Crippen LogP contribution in [0.25, 0.3) is 10.8 Å². The Morgan fingerprint density at radius 2 is 2.05 bits per heavy atom. The number of hydrogen-bond donors (Lipinski definition) is 2. The Kier molecular flexibility index (Phi) is 3.36. The number of H-pyrrole nitrogens is 1. The molecule has 19 heavy (non-hydrogen) atoms. The lowest BCUT2D eigenvalue weighted by Gasteiger charge is -2.07. The Bertz CT molecular complexity index is 643. The molecule has 0 aliphatic heterocycles. The second kappa shape index (κ2) is 5.48. The monoisotopic (exact) mass is 253 g/mol. The topological polar surface area (TPSA) is 66.5 Å². The summed E-state index contributed by atoms with van der Waals surface area (Å²) in [5.74, 6) is 1.86. The molecule has 1 aromatic carbocycles. The molecule has 0 aliphatic carbocycles. The molecule has 2 heterocycles. The fraction of sp³-hybridized carbons (Fsp3) is 0.214. The number of aromatic amines is 1. The molecule has 0 radical (unpaired) electrons. The zero-order chi connectivity index (χ0) is 12.9. The van der Waals surface area contributed by atoms with Crippen LogP contribution in [0.15, 0.2) is 42.9 Å². The van der Waals surface area contributed by atoms with Crippen LogP contribution in [0, 0.1) is 0 Å². The third kappa shape index (κ3) is 2.70. The van der Waals surface area contributed by atoms with Crippen molar-refractivity contribution in [3.63, 3.8) is 0 Å². The van der Waals surface area contributed by atoms with Gasteiger partial charge in [0.2, 0.25) is 0 Å². The van der Waals surface area contributed by atoms with E-state index in [1.54, 1.807) is 0 Å². The molecule has 0 amide bonds. The first-order valence-electron chi connectivity index (χ1n) is 6.35. The molecule has 5 nitrogen and oxygen atoms in total. The van der Waals surface area contributed by atoms with Crippen LogP contribution in [0.5, 0.6) is 0 Å². The number of pyridine rings is 1. The summed E-state index contributed by atoms with van der Waals surface area (Å²) in [4.78, 5) is 8.50. The van der Waals surface area contributed by atoms with Crippen LogP contribution >= 0.6 is 0 Å². The third-order valence-electron chi connectivity index (χ3n) is 3.02. The predicted octanol–water partition coefficient (Wildman–Crippen LogP) is 2.40. The van der Waals surface area contributed by atoms with E-state index in [9.17, 15) is 0 Å². The summed E-state index contributed by atoms with van der Waals surface area (Å²) in [7, 11) is 0. The highest BCUT2D eigenvalue weighted by Gasteiger charge is 2.01. The van der Waals surface area contributed by atoms with E-state index >= 15 is 0 Å². The van der Waals surface area contributed by atoms with Crippen LogP contribution in [0.2, 0.25) is 0 Å². The molecule has 0 bridgehead atoms. The summed E-state index contributed by atoms with van der Waals surface area (Å²) in [5, 5.41) is 12.4. The zero-order valence-electron chi connectivity index (χ0n) is 10.5. The van der Waals surface area contributed by atoms with E-state index in [0.717, 1.165) is 36.4 Å². The van der Waals surface area contributed by atoms with Gasteiger partial charge in [0.1, 0.15) is 18.0 Å². The van der Waals surface area contributed by atoms with Crippen LogP contribution in [0.4, 0.5) is 5.82 Å². The average molecular weight is 253 g/mol. The molecule has 3 aromatic rings. The fourth-order valence-electron chi connectivity index (χ4n) is 2.07. The van der Waals surface area contributed by atoms with Gasteiger partial charge in [-0.3, -0.25) is 5.10 Å². The van der Waals surface area contributed by atoms with Crippen molar-refractivity contribution in [3.8, 4) is 0 Å². The van der Waals surface area contributed by atoms with Gasteiger partial charge >= 0.3 is 0 Å². The number of benzene rings is 1. The Labute approximate surface area is 111 Å². The standard InChI is InChI=1S/C14H15N5/c1-2-5-12-11(4-1)7-9-16-14(12)15-8-3-6-13-17-10-18-19-13/h1-2,4-5,7,9-10H,3,6,8H2,(H,15,16)(H,17,18,19). The summed E-state index contributed by atoms with van der Waals surface area (Å²) in [6.45, 7) is 0.863. The number of aromatic nitrogens is 4. The van der Waals surface area contributed by atoms with E-state index < -0.39 is 0 Å². The highest BCUT2D eigenvalue weighted by Crippen LogP contribution is 2.20. The minimum absolute atomic E-state index is 0.863. The summed E-state index contributed by atoms with van der Waals surface area (Å²) >= 11 is 0. The van der Waals surface area contributed by atoms with Crippen molar-refractivity contribution in [2.45, 2.75) is 12.8 Å². The maximum absolute atomic E-state index is 4.39. The molecule has 0 spiro atoms. The van der Waals surface area contributed by atoms with E-state index in [4.69, 9.17) is 0 Å². The van der Waals surface area contributed by atoms with Gasteiger partial charge in [0.15, 0.2) is 0 Å². The smallest absolute Gasteiger partial charge is 0.137 e. The van der Waals surface area contributed by atoms with Crippen molar-refractivity contribution in [2.24, 2.45) is 0 Å². The molecule has 2 aromatic heterocycles. The number of rotatable bonds is 5. The van der Waals surface area contributed by atoms with Crippen LogP contribution < -0.4 is 5.32 Å². The molecule has 0 fully saturated rings. The van der Waals surface area contributed by atoms with Gasteiger partial charge in [-0.1, -0.05) is 24.3 Å². The molecule has 96 valence electrons. The molecule has 2 N–H and O–H groups in total. The number of fused-ring (bicyclic) bond motifs is 1. The molecule has 0 unspecified atom stereocenters. The molecule has 0 saturated carbocycles. The van der Waals surface area contributed by atoms with Crippen molar-refractivity contribution in [3.05, 3.63) is 48.7 Å². The zero-order valence-corrected chi connectivity index (χ0v) is 10.5. The average Bonchev–Trinajstić information content (AvgIpc) is 2.97. The van der Waals surface area contributed by atoms with Gasteiger partial charge in [0, 0.05) is 24.5 Å². The largest absolute Gasteiger partial charge is 0.370 e. The number of aryl methyl sites for hydroxylation is 1. The van der Waals surface area contributed by atoms with Gasteiger partial charge in [-0.25, -0.2) is 9.97 Å². The van der Waals surface area contributed by atoms with Crippen molar-refractivity contribution in [1.29, 1.82) is 0 Å². The van der Waals surface area contributed by atoms with E-state index in [0.29, 0.717) is 0 Å². The Hall–Kier alpha value is -2.43. The Morgan fingerprint density at radius 1 is 1.11 bits per heavy atom. The molecule has 0 atom stereocenters. The normalized spacial score (nSPS) is 10.7. The lowest BCUT2D eigenvalue weighted by molar-refractivity contribution is 0.804. The maximum atomic E-state index is 4.39. The first-order chi connectivity index (χ1) is 9.43. The highest BCUT2D eigenvalue weighted by atomic mass is 15.2. The SMILES string of the molecule is c1ccc2c(NCCCc3ncn[nH]3)nccc2c1. The van der Waals surface area contributed by atoms with Gasteiger partial charge in [-0.15, -0.1) is 0 Å². The van der Waals surface area contributed by atoms with E-state index in [-0.39, 0.29) is 0 Å². The van der Waals surface area contributed by atoms with Crippen LogP contribution in [0.1, 0.15) is 12.2 Å². The van der Waals surface area contributed by atoms with Crippen molar-refractivity contribution < 1.29 is 0 Å². The van der Waals surface area contributed by atoms with Crippen LogP contribution in [0.3, 0.4) is 0 Å². The predicted molar refractivity (Wildman–Crippen MR) is 74.9 cm³/mol. The second-order valence-corrected chi connectivity index (χ2v) is 4.34. The lowest BCUT2D eigenvalue weighted by Crippen LogP contribution is -2.05. The van der Waals surface area contributed by atoms with Crippen LogP contribution in [-0.2, 0) is 6.42 Å². The van der Waals surface area contributed by atoms with E-state index in [1.807, 2.05) is 24.4 Å². The van der Waals surface area contributed by atoms with Crippen molar-refractivity contribution in [2.75, 3.05) is 11.9 Å². The molecular weight excluding hydrogens is 238 g/mol. The fourth-order valence-corrected chi connectivity index (χ4v) is 2.07. The molecule has 5 heteroatoms. The summed E-state index contributed by atoms with van der Waals surface area (Å²) in [5.41, 5.74) is 0. The second-order valence-electron chi connectivity index (χ2n) is 4.34. The Balaban J connectivity index is 1.62. The molecular formula is C14H15N5. The first kappa shape index (κ1) is 11.6. The third-order valence-corrected chi connectivity index (χ3v) is 3.02. The quantitative estimate of drug-likeness (QED) is 0.685. The van der Waals surface area contributed by atoms with Crippen molar-refractivity contribution >= 4 is 16.6 Å². The first-order valence-corrected chi connectivity index (χ1v) is 6.35. The number of nitrogens with one attached hydrogen (secondary N) is 2. The number of hydrogen-bond acceptors (Lipinski definition) is 4. The molecule has 3 rings (SSSR count). The number of nitrogens with zero attached hydrogens (tertiary/aromatic N) is 3.